The van der Waals surface area contributed by atoms with Crippen LogP contribution in [0.15, 0.2) is 0 Å². The van der Waals surface area contributed by atoms with E-state index in [1.54, 1.807) is 4.90 Å². The van der Waals surface area contributed by atoms with Crippen molar-refractivity contribution in [3.63, 3.8) is 0 Å². The molecule has 1 rings (SSSR count). The highest BCUT2D eigenvalue weighted by Crippen LogP contribution is 2.23. The Hall–Kier alpha value is -0.730. The SMILES string of the molecule is CC1CN(C(=O)OC(C)(C)C)CC1C. The second kappa shape index (κ2) is 3.79. The van der Waals surface area contributed by atoms with Crippen LogP contribution in [0.4, 0.5) is 4.79 Å². The molecule has 0 aromatic carbocycles. The van der Waals surface area contributed by atoms with Gasteiger partial charge in [0.15, 0.2) is 0 Å². The van der Waals surface area contributed by atoms with Crippen LogP contribution in [0.2, 0.25) is 0 Å². The molecule has 2 atom stereocenters. The van der Waals surface area contributed by atoms with E-state index in [0.717, 1.165) is 13.1 Å². The van der Waals surface area contributed by atoms with Gasteiger partial charge in [0.05, 0.1) is 0 Å². The number of rotatable bonds is 0. The Labute approximate surface area is 86.4 Å². The van der Waals surface area contributed by atoms with E-state index in [1.807, 2.05) is 20.8 Å². The van der Waals surface area contributed by atoms with Gasteiger partial charge in [-0.25, -0.2) is 4.79 Å². The molecule has 0 saturated carbocycles. The predicted octanol–water partition coefficient (Wildman–Crippen LogP) is 2.51. The summed E-state index contributed by atoms with van der Waals surface area (Å²) in [6.45, 7) is 11.7. The fourth-order valence-corrected chi connectivity index (χ4v) is 1.61. The Bertz CT molecular complexity index is 210. The van der Waals surface area contributed by atoms with Crippen LogP contribution in [-0.2, 0) is 4.74 Å². The lowest BCUT2D eigenvalue weighted by Gasteiger charge is -2.24. The molecular weight excluding hydrogens is 178 g/mol. The van der Waals surface area contributed by atoms with Gasteiger partial charge in [-0.2, -0.15) is 0 Å². The smallest absolute Gasteiger partial charge is 0.410 e. The highest BCUT2D eigenvalue weighted by atomic mass is 16.6. The number of carbonyl (C=O) groups is 1. The fraction of sp³-hybridized carbons (Fsp3) is 0.909. The minimum atomic E-state index is -0.383. The van der Waals surface area contributed by atoms with Crippen molar-refractivity contribution in [3.05, 3.63) is 0 Å². The predicted molar refractivity (Wildman–Crippen MR) is 56.1 cm³/mol. The summed E-state index contributed by atoms with van der Waals surface area (Å²) < 4.78 is 5.31. The first-order chi connectivity index (χ1) is 6.29. The third-order valence-corrected chi connectivity index (χ3v) is 2.64. The molecule has 1 amide bonds. The molecule has 0 aliphatic carbocycles. The van der Waals surface area contributed by atoms with Gasteiger partial charge in [0, 0.05) is 13.1 Å². The van der Waals surface area contributed by atoms with Crippen LogP contribution >= 0.6 is 0 Å². The summed E-state index contributed by atoms with van der Waals surface area (Å²) >= 11 is 0. The maximum atomic E-state index is 11.7. The molecule has 0 bridgehead atoms. The fourth-order valence-electron chi connectivity index (χ4n) is 1.61. The van der Waals surface area contributed by atoms with Crippen LogP contribution in [0.1, 0.15) is 34.6 Å². The lowest BCUT2D eigenvalue weighted by Crippen LogP contribution is -2.35. The quantitative estimate of drug-likeness (QED) is 0.600. The Morgan fingerprint density at radius 3 is 2.00 bits per heavy atom. The second-order valence-corrected chi connectivity index (χ2v) is 5.34. The van der Waals surface area contributed by atoms with Gasteiger partial charge in [-0.15, -0.1) is 0 Å². The molecule has 1 fully saturated rings. The first-order valence-electron chi connectivity index (χ1n) is 5.27. The largest absolute Gasteiger partial charge is 0.444 e. The molecule has 0 spiro atoms. The number of ether oxygens (including phenoxy) is 1. The van der Waals surface area contributed by atoms with E-state index < -0.39 is 0 Å². The number of hydrogen-bond acceptors (Lipinski definition) is 2. The molecule has 0 aromatic heterocycles. The first-order valence-corrected chi connectivity index (χ1v) is 5.27. The number of nitrogens with zero attached hydrogens (tertiary/aromatic N) is 1. The van der Waals surface area contributed by atoms with Crippen molar-refractivity contribution in [3.8, 4) is 0 Å². The van der Waals surface area contributed by atoms with Gasteiger partial charge in [0.2, 0.25) is 0 Å². The van der Waals surface area contributed by atoms with Gasteiger partial charge < -0.3 is 9.64 Å². The minimum Gasteiger partial charge on any atom is -0.444 e. The van der Waals surface area contributed by atoms with Crippen molar-refractivity contribution in [1.29, 1.82) is 0 Å². The van der Waals surface area contributed by atoms with E-state index in [9.17, 15) is 4.79 Å². The topological polar surface area (TPSA) is 29.5 Å². The summed E-state index contributed by atoms with van der Waals surface area (Å²) in [6, 6.07) is 0. The highest BCUT2D eigenvalue weighted by Gasteiger charge is 2.31. The average Bonchev–Trinajstić information content (AvgIpc) is 2.28. The molecular formula is C11H21NO2. The third kappa shape index (κ3) is 2.89. The number of hydrogen-bond donors (Lipinski definition) is 0. The zero-order valence-electron chi connectivity index (χ0n) is 9.83. The molecule has 1 saturated heterocycles. The van der Waals surface area contributed by atoms with Crippen LogP contribution in [-0.4, -0.2) is 29.7 Å². The Kier molecular flexibility index (Phi) is 3.07. The van der Waals surface area contributed by atoms with Gasteiger partial charge in [-0.3, -0.25) is 0 Å². The van der Waals surface area contributed by atoms with Gasteiger partial charge >= 0.3 is 6.09 Å². The molecule has 0 aromatic rings. The molecule has 1 aliphatic heterocycles. The molecule has 82 valence electrons. The van der Waals surface area contributed by atoms with Gasteiger partial charge in [-0.05, 0) is 32.6 Å². The van der Waals surface area contributed by atoms with E-state index in [-0.39, 0.29) is 11.7 Å². The van der Waals surface area contributed by atoms with Crippen LogP contribution in [0.25, 0.3) is 0 Å². The van der Waals surface area contributed by atoms with Gasteiger partial charge in [0.25, 0.3) is 0 Å². The lowest BCUT2D eigenvalue weighted by atomic mass is 10.0. The van der Waals surface area contributed by atoms with Crippen molar-refractivity contribution in [1.82, 2.24) is 4.90 Å². The molecule has 3 heteroatoms. The van der Waals surface area contributed by atoms with Gasteiger partial charge in [-0.1, -0.05) is 13.8 Å². The third-order valence-electron chi connectivity index (χ3n) is 2.64. The molecule has 0 radical (unpaired) electrons. The van der Waals surface area contributed by atoms with E-state index in [0.29, 0.717) is 11.8 Å². The molecule has 0 N–H and O–H groups in total. The average molecular weight is 199 g/mol. The standard InChI is InChI=1S/C11H21NO2/c1-8-6-12(7-9(8)2)10(13)14-11(3,4)5/h8-9H,6-7H2,1-5H3. The number of amides is 1. The molecule has 1 heterocycles. The van der Waals surface area contributed by atoms with Crippen LogP contribution in [0.3, 0.4) is 0 Å². The van der Waals surface area contributed by atoms with E-state index in [1.165, 1.54) is 0 Å². The molecule has 14 heavy (non-hydrogen) atoms. The summed E-state index contributed by atoms with van der Waals surface area (Å²) in [5.41, 5.74) is -0.383. The zero-order valence-corrected chi connectivity index (χ0v) is 9.83. The van der Waals surface area contributed by atoms with E-state index in [2.05, 4.69) is 13.8 Å². The van der Waals surface area contributed by atoms with Crippen molar-refractivity contribution in [2.45, 2.75) is 40.2 Å². The maximum absolute atomic E-state index is 11.7. The lowest BCUT2D eigenvalue weighted by molar-refractivity contribution is 0.0285. The van der Waals surface area contributed by atoms with Crippen molar-refractivity contribution in [2.75, 3.05) is 13.1 Å². The summed E-state index contributed by atoms with van der Waals surface area (Å²) in [5, 5.41) is 0. The summed E-state index contributed by atoms with van der Waals surface area (Å²) in [7, 11) is 0. The van der Waals surface area contributed by atoms with Gasteiger partial charge in [0.1, 0.15) is 5.60 Å². The Morgan fingerprint density at radius 2 is 1.64 bits per heavy atom. The maximum Gasteiger partial charge on any atom is 0.410 e. The number of likely N-dealkylation sites (tertiary alicyclic amines) is 1. The normalized spacial score (nSPS) is 27.9. The van der Waals surface area contributed by atoms with Crippen molar-refractivity contribution < 1.29 is 9.53 Å². The van der Waals surface area contributed by atoms with E-state index >= 15 is 0 Å². The highest BCUT2D eigenvalue weighted by molar-refractivity contribution is 5.68. The Morgan fingerprint density at radius 1 is 1.21 bits per heavy atom. The van der Waals surface area contributed by atoms with Crippen molar-refractivity contribution >= 4 is 6.09 Å². The van der Waals surface area contributed by atoms with E-state index in [4.69, 9.17) is 4.74 Å². The first kappa shape index (κ1) is 11.3. The summed E-state index contributed by atoms with van der Waals surface area (Å²) in [5.74, 6) is 1.17. The number of carbonyl (C=O) groups excluding carboxylic acids is 1. The minimum absolute atomic E-state index is 0.172. The van der Waals surface area contributed by atoms with Crippen LogP contribution < -0.4 is 0 Å². The molecule has 3 nitrogen and oxygen atoms in total. The van der Waals surface area contributed by atoms with Crippen molar-refractivity contribution in [2.24, 2.45) is 11.8 Å². The van der Waals surface area contributed by atoms with Crippen LogP contribution in [0.5, 0.6) is 0 Å². The monoisotopic (exact) mass is 199 g/mol. The summed E-state index contributed by atoms with van der Waals surface area (Å²) in [6.07, 6.45) is -0.172. The molecule has 1 aliphatic rings. The summed E-state index contributed by atoms with van der Waals surface area (Å²) in [4.78, 5) is 13.5. The zero-order chi connectivity index (χ0) is 10.9. The Balaban J connectivity index is 2.48. The molecule has 2 unspecified atom stereocenters. The van der Waals surface area contributed by atoms with Crippen LogP contribution in [0, 0.1) is 11.8 Å². The second-order valence-electron chi connectivity index (χ2n) is 5.34.